The van der Waals surface area contributed by atoms with Crippen LogP contribution in [-0.2, 0) is 11.2 Å². The molecule has 1 aliphatic heterocycles. The first kappa shape index (κ1) is 23.6. The molecule has 3 amide bonds. The number of likely N-dealkylation sites (tertiary alicyclic amines) is 1. The summed E-state index contributed by atoms with van der Waals surface area (Å²) < 4.78 is 0. The lowest BCUT2D eigenvalue weighted by Gasteiger charge is -2.40. The van der Waals surface area contributed by atoms with E-state index in [4.69, 9.17) is 0 Å². The number of nitrogens with zero attached hydrogens (tertiary/aromatic N) is 1. The van der Waals surface area contributed by atoms with Crippen LogP contribution < -0.4 is 10.6 Å². The predicted molar refractivity (Wildman–Crippen MR) is 126 cm³/mol. The molecule has 1 aromatic rings. The quantitative estimate of drug-likeness (QED) is 0.702. The first-order valence-electron chi connectivity index (χ1n) is 12.0. The number of benzene rings is 1. The molecule has 1 aliphatic carbocycles. The Labute approximate surface area is 188 Å². The SMILES string of the molecule is CC1CC(C)N(C(=O)C(NC(=O)NC2(Cc3ccccc3)CCCCC2)C(C)(C)C)C1. The third kappa shape index (κ3) is 6.02. The minimum absolute atomic E-state index is 0.0419. The van der Waals surface area contributed by atoms with Crippen molar-refractivity contribution >= 4 is 11.9 Å². The maximum atomic E-state index is 13.4. The summed E-state index contributed by atoms with van der Waals surface area (Å²) in [5.74, 6) is 0.546. The van der Waals surface area contributed by atoms with Gasteiger partial charge in [-0.25, -0.2) is 4.79 Å². The van der Waals surface area contributed by atoms with Gasteiger partial charge in [-0.3, -0.25) is 4.79 Å². The molecule has 0 aromatic heterocycles. The van der Waals surface area contributed by atoms with Crippen molar-refractivity contribution in [1.82, 2.24) is 15.5 Å². The number of nitrogens with one attached hydrogen (secondary N) is 2. The summed E-state index contributed by atoms with van der Waals surface area (Å²) in [5.41, 5.74) is 0.636. The molecule has 2 fully saturated rings. The van der Waals surface area contributed by atoms with Gasteiger partial charge in [0.25, 0.3) is 0 Å². The summed E-state index contributed by atoms with van der Waals surface area (Å²) in [6.07, 6.45) is 7.27. The zero-order valence-corrected chi connectivity index (χ0v) is 20.0. The smallest absolute Gasteiger partial charge is 0.315 e. The van der Waals surface area contributed by atoms with Crippen LogP contribution in [0.2, 0.25) is 0 Å². The normalized spacial score (nSPS) is 24.5. The van der Waals surface area contributed by atoms with Crippen LogP contribution in [0.15, 0.2) is 30.3 Å². The molecule has 3 rings (SSSR count). The van der Waals surface area contributed by atoms with Crippen molar-refractivity contribution in [3.63, 3.8) is 0 Å². The lowest BCUT2D eigenvalue weighted by Crippen LogP contribution is -2.61. The molecule has 3 unspecified atom stereocenters. The second-order valence-electron chi connectivity index (χ2n) is 11.1. The van der Waals surface area contributed by atoms with Crippen molar-refractivity contribution in [1.29, 1.82) is 0 Å². The lowest BCUT2D eigenvalue weighted by molar-refractivity contribution is -0.136. The molecule has 0 bridgehead atoms. The number of rotatable bonds is 5. The van der Waals surface area contributed by atoms with E-state index >= 15 is 0 Å². The molecule has 1 aromatic carbocycles. The van der Waals surface area contributed by atoms with Gasteiger partial charge < -0.3 is 15.5 Å². The van der Waals surface area contributed by atoms with Gasteiger partial charge in [0.2, 0.25) is 5.91 Å². The van der Waals surface area contributed by atoms with Gasteiger partial charge >= 0.3 is 6.03 Å². The van der Waals surface area contributed by atoms with Crippen molar-refractivity contribution in [2.75, 3.05) is 6.54 Å². The number of amides is 3. The number of carbonyl (C=O) groups is 2. The molecule has 2 aliphatic rings. The van der Waals surface area contributed by atoms with E-state index in [1.165, 1.54) is 12.0 Å². The van der Waals surface area contributed by atoms with Crippen LogP contribution in [0.4, 0.5) is 4.79 Å². The van der Waals surface area contributed by atoms with Crippen molar-refractivity contribution in [2.45, 2.75) is 97.2 Å². The van der Waals surface area contributed by atoms with Crippen LogP contribution in [0.1, 0.15) is 78.7 Å². The highest BCUT2D eigenvalue weighted by atomic mass is 16.2. The van der Waals surface area contributed by atoms with Crippen molar-refractivity contribution in [3.8, 4) is 0 Å². The van der Waals surface area contributed by atoms with Gasteiger partial charge in [-0.1, -0.05) is 77.3 Å². The van der Waals surface area contributed by atoms with E-state index < -0.39 is 6.04 Å². The minimum atomic E-state index is -0.544. The molecule has 1 saturated heterocycles. The lowest BCUT2D eigenvalue weighted by atomic mass is 9.77. The summed E-state index contributed by atoms with van der Waals surface area (Å²) in [4.78, 5) is 28.6. The van der Waals surface area contributed by atoms with Crippen LogP contribution in [0.3, 0.4) is 0 Å². The average molecular weight is 428 g/mol. The summed E-state index contributed by atoms with van der Waals surface area (Å²) >= 11 is 0. The molecular weight excluding hydrogens is 386 g/mol. The number of hydrogen-bond donors (Lipinski definition) is 2. The first-order valence-corrected chi connectivity index (χ1v) is 12.0. The maximum absolute atomic E-state index is 13.4. The zero-order chi connectivity index (χ0) is 22.6. The monoisotopic (exact) mass is 427 g/mol. The highest BCUT2D eigenvalue weighted by Crippen LogP contribution is 2.32. The molecule has 0 spiro atoms. The van der Waals surface area contributed by atoms with Gasteiger partial charge in [0.15, 0.2) is 0 Å². The Balaban J connectivity index is 1.73. The number of urea groups is 1. The highest BCUT2D eigenvalue weighted by Gasteiger charge is 2.41. The van der Waals surface area contributed by atoms with E-state index in [1.807, 2.05) is 31.7 Å². The van der Waals surface area contributed by atoms with Crippen LogP contribution in [-0.4, -0.2) is 41.0 Å². The van der Waals surface area contributed by atoms with Crippen LogP contribution in [0.25, 0.3) is 0 Å². The molecule has 5 heteroatoms. The first-order chi connectivity index (χ1) is 14.6. The average Bonchev–Trinajstić information content (AvgIpc) is 3.04. The standard InChI is InChI=1S/C26H41N3O2/c1-19-16-20(2)29(18-19)23(30)22(25(3,4)5)27-24(31)28-26(14-10-7-11-15-26)17-21-12-8-6-9-13-21/h6,8-9,12-13,19-20,22H,7,10-11,14-18H2,1-5H3,(H2,27,28,31). The summed E-state index contributed by atoms with van der Waals surface area (Å²) in [5, 5.41) is 6.41. The third-order valence-corrected chi connectivity index (χ3v) is 7.03. The Morgan fingerprint density at radius 3 is 2.29 bits per heavy atom. The van der Waals surface area contributed by atoms with Crippen LogP contribution >= 0.6 is 0 Å². The van der Waals surface area contributed by atoms with Crippen LogP contribution in [0, 0.1) is 11.3 Å². The molecular formula is C26H41N3O2. The fraction of sp³-hybridized carbons (Fsp3) is 0.692. The topological polar surface area (TPSA) is 61.4 Å². The van der Waals surface area contributed by atoms with Crippen molar-refractivity contribution in [2.24, 2.45) is 11.3 Å². The van der Waals surface area contributed by atoms with E-state index in [0.29, 0.717) is 5.92 Å². The van der Waals surface area contributed by atoms with E-state index in [0.717, 1.165) is 45.1 Å². The molecule has 1 saturated carbocycles. The Hall–Kier alpha value is -2.04. The highest BCUT2D eigenvalue weighted by molar-refractivity contribution is 5.88. The van der Waals surface area contributed by atoms with E-state index in [9.17, 15) is 9.59 Å². The Bertz CT molecular complexity index is 750. The largest absolute Gasteiger partial charge is 0.338 e. The minimum Gasteiger partial charge on any atom is -0.338 e. The van der Waals surface area contributed by atoms with Gasteiger partial charge in [-0.15, -0.1) is 0 Å². The van der Waals surface area contributed by atoms with Gasteiger partial charge in [0.1, 0.15) is 6.04 Å². The van der Waals surface area contributed by atoms with E-state index in [-0.39, 0.29) is 28.9 Å². The predicted octanol–water partition coefficient (Wildman–Crippen LogP) is 4.90. The van der Waals surface area contributed by atoms with E-state index in [1.54, 1.807) is 0 Å². The van der Waals surface area contributed by atoms with Gasteiger partial charge in [-0.05, 0) is 49.5 Å². The fourth-order valence-corrected chi connectivity index (χ4v) is 5.39. The molecule has 172 valence electrons. The van der Waals surface area contributed by atoms with Crippen LogP contribution in [0.5, 0.6) is 0 Å². The van der Waals surface area contributed by atoms with E-state index in [2.05, 4.69) is 48.7 Å². The fourth-order valence-electron chi connectivity index (χ4n) is 5.39. The Kier molecular flexibility index (Phi) is 7.33. The second-order valence-corrected chi connectivity index (χ2v) is 11.1. The van der Waals surface area contributed by atoms with Crippen molar-refractivity contribution in [3.05, 3.63) is 35.9 Å². The maximum Gasteiger partial charge on any atom is 0.315 e. The molecule has 1 heterocycles. The second kappa shape index (κ2) is 9.62. The molecule has 31 heavy (non-hydrogen) atoms. The van der Waals surface area contributed by atoms with Gasteiger partial charge in [0, 0.05) is 18.1 Å². The van der Waals surface area contributed by atoms with Crippen molar-refractivity contribution < 1.29 is 9.59 Å². The summed E-state index contributed by atoms with van der Waals surface area (Å²) in [7, 11) is 0. The van der Waals surface area contributed by atoms with Gasteiger partial charge in [0.05, 0.1) is 0 Å². The molecule has 5 nitrogen and oxygen atoms in total. The Morgan fingerprint density at radius 2 is 1.74 bits per heavy atom. The molecule has 3 atom stereocenters. The summed E-state index contributed by atoms with van der Waals surface area (Å²) in [6, 6.07) is 9.86. The zero-order valence-electron chi connectivity index (χ0n) is 20.0. The summed E-state index contributed by atoms with van der Waals surface area (Å²) in [6.45, 7) is 11.2. The van der Waals surface area contributed by atoms with Gasteiger partial charge in [-0.2, -0.15) is 0 Å². The molecule has 2 N–H and O–H groups in total. The number of carbonyl (C=O) groups excluding carboxylic acids is 2. The molecule has 0 radical (unpaired) electrons. The third-order valence-electron chi connectivity index (χ3n) is 7.03. The number of hydrogen-bond acceptors (Lipinski definition) is 2. The Morgan fingerprint density at radius 1 is 1.10 bits per heavy atom.